The highest BCUT2D eigenvalue weighted by Crippen LogP contribution is 2.43. The second-order valence-electron chi connectivity index (χ2n) is 6.62. The van der Waals surface area contributed by atoms with Gasteiger partial charge in [0.25, 0.3) is 5.91 Å². The van der Waals surface area contributed by atoms with Crippen molar-refractivity contribution in [2.24, 2.45) is 0 Å². The van der Waals surface area contributed by atoms with Gasteiger partial charge >= 0.3 is 0 Å². The third-order valence-corrected chi connectivity index (χ3v) is 6.43. The summed E-state index contributed by atoms with van der Waals surface area (Å²) in [6.07, 6.45) is 0.560. The Labute approximate surface area is 153 Å². The van der Waals surface area contributed by atoms with Crippen LogP contribution in [-0.2, 0) is 13.0 Å². The minimum absolute atomic E-state index is 0.0375. The summed E-state index contributed by atoms with van der Waals surface area (Å²) in [4.78, 5) is 15.6. The lowest BCUT2D eigenvalue weighted by Crippen LogP contribution is -3.08. The molecule has 25 heavy (non-hydrogen) atoms. The number of hydrogen-bond acceptors (Lipinski definition) is 5. The molecule has 2 aromatic rings. The van der Waals surface area contributed by atoms with Crippen LogP contribution in [0, 0.1) is 0 Å². The average molecular weight is 379 g/mol. The third kappa shape index (κ3) is 2.38. The molecule has 3 N–H and O–H groups in total. The van der Waals surface area contributed by atoms with E-state index >= 15 is 0 Å². The Morgan fingerprint density at radius 3 is 2.92 bits per heavy atom. The smallest absolute Gasteiger partial charge is 0.256 e. The number of ether oxygens (including phenoxy) is 2. The van der Waals surface area contributed by atoms with E-state index in [-0.39, 0.29) is 18.9 Å². The maximum absolute atomic E-state index is 12.8. The molecule has 6 nitrogen and oxygen atoms in total. The molecule has 0 saturated carbocycles. The van der Waals surface area contributed by atoms with E-state index in [0.29, 0.717) is 16.5 Å². The minimum atomic E-state index is -0.382. The number of quaternary nitrogens is 1. The molecule has 0 saturated heterocycles. The summed E-state index contributed by atoms with van der Waals surface area (Å²) in [5.41, 5.74) is 2.78. The van der Waals surface area contributed by atoms with E-state index in [0.717, 1.165) is 35.6 Å². The number of rotatable bonds is 1. The van der Waals surface area contributed by atoms with Gasteiger partial charge in [0.05, 0.1) is 29.1 Å². The van der Waals surface area contributed by atoms with Crippen LogP contribution in [0.5, 0.6) is 11.5 Å². The Bertz CT molecular complexity index is 898. The second-order valence-corrected chi connectivity index (χ2v) is 8.13. The van der Waals surface area contributed by atoms with Crippen LogP contribution in [0.25, 0.3) is 0 Å². The SMILES string of the molecule is C[NH+]1CCc2c(sc3c2C(=O)N[C@@H](c2cc4c(cc2Cl)OCO4)N3)C1. The fourth-order valence-electron chi connectivity index (χ4n) is 3.64. The van der Waals surface area contributed by atoms with E-state index in [1.54, 1.807) is 17.4 Å². The Kier molecular flexibility index (Phi) is 3.38. The minimum Gasteiger partial charge on any atom is -0.454 e. The molecule has 1 unspecified atom stereocenters. The summed E-state index contributed by atoms with van der Waals surface area (Å²) in [5.74, 6) is 1.25. The molecular formula is C17H17ClN3O3S+. The Hall–Kier alpha value is -1.96. The van der Waals surface area contributed by atoms with Crippen molar-refractivity contribution in [3.05, 3.63) is 38.7 Å². The molecule has 0 aliphatic carbocycles. The van der Waals surface area contributed by atoms with Gasteiger partial charge in [-0.15, -0.1) is 11.3 Å². The first-order chi connectivity index (χ1) is 12.1. The Balaban J connectivity index is 1.52. The molecule has 8 heteroatoms. The topological polar surface area (TPSA) is 64.0 Å². The number of halogens is 1. The number of benzene rings is 1. The Morgan fingerprint density at radius 2 is 2.08 bits per heavy atom. The molecule has 0 fully saturated rings. The van der Waals surface area contributed by atoms with Gasteiger partial charge in [-0.3, -0.25) is 4.79 Å². The highest BCUT2D eigenvalue weighted by atomic mass is 35.5. The van der Waals surface area contributed by atoms with Crippen molar-refractivity contribution in [1.82, 2.24) is 5.32 Å². The van der Waals surface area contributed by atoms with Crippen LogP contribution in [0.2, 0.25) is 5.02 Å². The van der Waals surface area contributed by atoms with Crippen LogP contribution in [0.1, 0.15) is 32.5 Å². The monoisotopic (exact) mass is 378 g/mol. The van der Waals surface area contributed by atoms with E-state index in [9.17, 15) is 4.79 Å². The summed E-state index contributed by atoms with van der Waals surface area (Å²) >= 11 is 8.09. The zero-order valence-corrected chi connectivity index (χ0v) is 15.1. The zero-order valence-electron chi connectivity index (χ0n) is 13.6. The van der Waals surface area contributed by atoms with Gasteiger partial charge in [0.2, 0.25) is 6.79 Å². The third-order valence-electron chi connectivity index (χ3n) is 4.94. The molecule has 0 spiro atoms. The predicted molar refractivity (Wildman–Crippen MR) is 94.9 cm³/mol. The van der Waals surface area contributed by atoms with Crippen molar-refractivity contribution in [1.29, 1.82) is 0 Å². The van der Waals surface area contributed by atoms with Crippen molar-refractivity contribution in [2.45, 2.75) is 19.1 Å². The van der Waals surface area contributed by atoms with E-state index in [4.69, 9.17) is 21.1 Å². The van der Waals surface area contributed by atoms with Crippen molar-refractivity contribution >= 4 is 33.8 Å². The maximum atomic E-state index is 12.8. The molecule has 1 aromatic heterocycles. The number of anilines is 1. The lowest BCUT2D eigenvalue weighted by molar-refractivity contribution is -0.895. The van der Waals surface area contributed by atoms with Crippen molar-refractivity contribution in [3.8, 4) is 11.5 Å². The molecule has 130 valence electrons. The lowest BCUT2D eigenvalue weighted by Gasteiger charge is -2.27. The molecule has 1 aromatic carbocycles. The number of thiophene rings is 1. The predicted octanol–water partition coefficient (Wildman–Crippen LogP) is 1.56. The van der Waals surface area contributed by atoms with Crippen LogP contribution >= 0.6 is 22.9 Å². The number of carbonyl (C=O) groups is 1. The number of carbonyl (C=O) groups excluding carboxylic acids is 1. The van der Waals surface area contributed by atoms with Gasteiger partial charge in [0, 0.05) is 18.1 Å². The first-order valence-electron chi connectivity index (χ1n) is 8.22. The second kappa shape index (κ2) is 5.52. The highest BCUT2D eigenvalue weighted by Gasteiger charge is 2.35. The summed E-state index contributed by atoms with van der Waals surface area (Å²) in [6, 6.07) is 3.57. The summed E-state index contributed by atoms with van der Waals surface area (Å²) in [6.45, 7) is 2.22. The van der Waals surface area contributed by atoms with Gasteiger partial charge in [0.1, 0.15) is 17.7 Å². The summed E-state index contributed by atoms with van der Waals surface area (Å²) in [7, 11) is 2.18. The molecule has 1 amide bonds. The van der Waals surface area contributed by atoms with Gasteiger partial charge < -0.3 is 25.0 Å². The van der Waals surface area contributed by atoms with Crippen molar-refractivity contribution < 1.29 is 19.2 Å². The van der Waals surface area contributed by atoms with Gasteiger partial charge in [-0.2, -0.15) is 0 Å². The van der Waals surface area contributed by atoms with Crippen molar-refractivity contribution in [3.63, 3.8) is 0 Å². The molecule has 3 aliphatic heterocycles. The normalized spacial score (nSPS) is 23.5. The molecule has 4 heterocycles. The quantitative estimate of drug-likeness (QED) is 0.704. The van der Waals surface area contributed by atoms with E-state index < -0.39 is 0 Å². The molecule has 5 rings (SSSR count). The van der Waals surface area contributed by atoms with Crippen LogP contribution in [0.15, 0.2) is 12.1 Å². The fourth-order valence-corrected chi connectivity index (χ4v) is 5.29. The van der Waals surface area contributed by atoms with Crippen LogP contribution in [0.4, 0.5) is 5.00 Å². The molecule has 3 aliphatic rings. The number of likely N-dealkylation sites (N-methyl/N-ethyl adjacent to an activating group) is 1. The number of hydrogen-bond donors (Lipinski definition) is 3. The highest BCUT2D eigenvalue weighted by molar-refractivity contribution is 7.16. The number of fused-ring (bicyclic) bond motifs is 4. The average Bonchev–Trinajstić information content (AvgIpc) is 3.16. The molecular weight excluding hydrogens is 362 g/mol. The molecule has 0 radical (unpaired) electrons. The molecule has 0 bridgehead atoms. The standard InChI is InChI=1S/C17H16ClN3O3S/c1-21-3-2-8-13(6-21)25-17-14(8)16(22)19-15(20-17)9-4-11-12(5-10(9)18)24-7-23-11/h4-5,15,20H,2-3,6-7H2,1H3,(H,19,22)/p+1/t15-/m1/s1. The van der Waals surface area contributed by atoms with Gasteiger partial charge in [0.15, 0.2) is 11.5 Å². The largest absolute Gasteiger partial charge is 0.454 e. The zero-order chi connectivity index (χ0) is 17.1. The lowest BCUT2D eigenvalue weighted by atomic mass is 10.0. The number of amides is 1. The summed E-state index contributed by atoms with van der Waals surface area (Å²) < 4.78 is 10.8. The summed E-state index contributed by atoms with van der Waals surface area (Å²) in [5, 5.41) is 7.95. The number of nitrogens with one attached hydrogen (secondary N) is 3. The first kappa shape index (κ1) is 15.3. The Morgan fingerprint density at radius 1 is 1.28 bits per heavy atom. The van der Waals surface area contributed by atoms with E-state index in [1.165, 1.54) is 15.3 Å². The van der Waals surface area contributed by atoms with E-state index in [1.807, 2.05) is 6.07 Å². The van der Waals surface area contributed by atoms with Gasteiger partial charge in [-0.05, 0) is 11.6 Å². The van der Waals surface area contributed by atoms with Gasteiger partial charge in [-0.1, -0.05) is 11.6 Å². The van der Waals surface area contributed by atoms with Gasteiger partial charge in [-0.25, -0.2) is 0 Å². The molecule has 2 atom stereocenters. The van der Waals surface area contributed by atoms with Crippen LogP contribution in [0.3, 0.4) is 0 Å². The van der Waals surface area contributed by atoms with Crippen molar-refractivity contribution in [2.75, 3.05) is 25.7 Å². The van der Waals surface area contributed by atoms with E-state index in [2.05, 4.69) is 17.7 Å². The van der Waals surface area contributed by atoms with Crippen LogP contribution < -0.4 is 25.0 Å². The fraction of sp³-hybridized carbons (Fsp3) is 0.353. The maximum Gasteiger partial charge on any atom is 0.256 e. The van der Waals surface area contributed by atoms with Crippen LogP contribution in [-0.4, -0.2) is 26.3 Å². The first-order valence-corrected chi connectivity index (χ1v) is 9.42.